The van der Waals surface area contributed by atoms with E-state index in [0.29, 0.717) is 13.0 Å². The van der Waals surface area contributed by atoms with E-state index in [1.807, 2.05) is 0 Å². The second-order valence-corrected chi connectivity index (χ2v) is 4.51. The predicted molar refractivity (Wildman–Crippen MR) is 52.4 cm³/mol. The molecule has 2 heterocycles. The third-order valence-corrected chi connectivity index (χ3v) is 3.63. The fraction of sp³-hybridized carbons (Fsp3) is 0.900. The van der Waals surface area contributed by atoms with Crippen LogP contribution in [0.25, 0.3) is 0 Å². The lowest BCUT2D eigenvalue weighted by Crippen LogP contribution is -2.39. The third kappa shape index (κ3) is 1.87. The van der Waals surface area contributed by atoms with E-state index in [1.165, 1.54) is 0 Å². The highest BCUT2D eigenvalue weighted by atomic mass is 16.4. The number of aliphatic hydroxyl groups is 2. The highest BCUT2D eigenvalue weighted by Crippen LogP contribution is 2.41. The summed E-state index contributed by atoms with van der Waals surface area (Å²) in [6.45, 7) is 0.142. The van der Waals surface area contributed by atoms with E-state index >= 15 is 0 Å². The van der Waals surface area contributed by atoms with E-state index in [2.05, 4.69) is 4.90 Å². The van der Waals surface area contributed by atoms with Crippen molar-refractivity contribution in [3.05, 3.63) is 0 Å². The monoisotopic (exact) mass is 215 g/mol. The van der Waals surface area contributed by atoms with Crippen LogP contribution in [0.2, 0.25) is 0 Å². The fourth-order valence-corrected chi connectivity index (χ4v) is 2.95. The van der Waals surface area contributed by atoms with Crippen LogP contribution in [-0.2, 0) is 4.79 Å². The zero-order valence-electron chi connectivity index (χ0n) is 8.54. The molecule has 5 heteroatoms. The Kier molecular flexibility index (Phi) is 2.95. The van der Waals surface area contributed by atoms with Gasteiger partial charge in [-0.15, -0.1) is 0 Å². The van der Waals surface area contributed by atoms with Crippen molar-refractivity contribution < 1.29 is 20.1 Å². The summed E-state index contributed by atoms with van der Waals surface area (Å²) in [4.78, 5) is 13.0. The number of hydrogen-bond donors (Lipinski definition) is 3. The molecule has 0 aromatic rings. The molecule has 2 fully saturated rings. The molecule has 0 saturated carbocycles. The highest BCUT2D eigenvalue weighted by Gasteiger charge is 2.49. The van der Waals surface area contributed by atoms with Crippen LogP contribution in [0.15, 0.2) is 0 Å². The van der Waals surface area contributed by atoms with E-state index < -0.39 is 12.1 Å². The number of aliphatic carboxylic acids is 1. The van der Waals surface area contributed by atoms with Crippen molar-refractivity contribution in [2.75, 3.05) is 13.2 Å². The van der Waals surface area contributed by atoms with Gasteiger partial charge >= 0.3 is 5.97 Å². The molecule has 86 valence electrons. The molecule has 2 aliphatic rings. The van der Waals surface area contributed by atoms with Gasteiger partial charge in [0.05, 0.1) is 18.6 Å². The van der Waals surface area contributed by atoms with Crippen molar-refractivity contribution in [3.63, 3.8) is 0 Å². The number of hydrogen-bond acceptors (Lipinski definition) is 4. The Bertz CT molecular complexity index is 258. The quantitative estimate of drug-likeness (QED) is 0.576. The summed E-state index contributed by atoms with van der Waals surface area (Å²) >= 11 is 0. The van der Waals surface area contributed by atoms with Crippen LogP contribution in [0.4, 0.5) is 0 Å². The predicted octanol–water partition coefficient (Wildman–Crippen LogP) is -0.723. The Labute approximate surface area is 88.3 Å². The summed E-state index contributed by atoms with van der Waals surface area (Å²) in [5, 5.41) is 27.1. The molecule has 0 aromatic carbocycles. The van der Waals surface area contributed by atoms with Crippen molar-refractivity contribution in [3.8, 4) is 0 Å². The van der Waals surface area contributed by atoms with Gasteiger partial charge in [-0.1, -0.05) is 0 Å². The Balaban J connectivity index is 2.00. The van der Waals surface area contributed by atoms with E-state index in [0.717, 1.165) is 12.8 Å². The second kappa shape index (κ2) is 4.08. The Morgan fingerprint density at radius 1 is 1.47 bits per heavy atom. The lowest BCUT2D eigenvalue weighted by molar-refractivity contribution is -0.142. The van der Waals surface area contributed by atoms with Crippen LogP contribution in [0, 0.1) is 5.92 Å². The van der Waals surface area contributed by atoms with Gasteiger partial charge in [-0.3, -0.25) is 9.69 Å². The summed E-state index contributed by atoms with van der Waals surface area (Å²) < 4.78 is 0. The average molecular weight is 215 g/mol. The first-order valence-electron chi connectivity index (χ1n) is 5.41. The maximum Gasteiger partial charge on any atom is 0.308 e. The second-order valence-electron chi connectivity index (χ2n) is 4.51. The Morgan fingerprint density at radius 3 is 2.73 bits per heavy atom. The van der Waals surface area contributed by atoms with Gasteiger partial charge in [-0.2, -0.15) is 0 Å². The van der Waals surface area contributed by atoms with Gasteiger partial charge in [-0.25, -0.2) is 0 Å². The number of fused-ring (bicyclic) bond motifs is 2. The van der Waals surface area contributed by atoms with Gasteiger partial charge in [0.15, 0.2) is 0 Å². The molecule has 0 spiro atoms. The largest absolute Gasteiger partial charge is 0.481 e. The highest BCUT2D eigenvalue weighted by molar-refractivity contribution is 5.71. The Hall–Kier alpha value is -0.650. The van der Waals surface area contributed by atoms with Crippen LogP contribution >= 0.6 is 0 Å². The number of aliphatic hydroxyl groups excluding tert-OH is 2. The maximum absolute atomic E-state index is 11.0. The molecule has 2 rings (SSSR count). The number of nitrogens with zero attached hydrogens (tertiary/aromatic N) is 1. The van der Waals surface area contributed by atoms with Gasteiger partial charge in [0.25, 0.3) is 0 Å². The molecular formula is C10H17NO4. The van der Waals surface area contributed by atoms with Gasteiger partial charge in [0, 0.05) is 18.6 Å². The van der Waals surface area contributed by atoms with Crippen LogP contribution in [0.3, 0.4) is 0 Å². The van der Waals surface area contributed by atoms with Crippen molar-refractivity contribution in [1.82, 2.24) is 4.90 Å². The SMILES string of the molecule is O=C(O)C1CC2CCC1N2CC(O)CO. The fourth-order valence-electron chi connectivity index (χ4n) is 2.95. The van der Waals surface area contributed by atoms with E-state index in [-0.39, 0.29) is 24.6 Å². The van der Waals surface area contributed by atoms with Crippen LogP contribution in [0.5, 0.6) is 0 Å². The third-order valence-electron chi connectivity index (χ3n) is 3.63. The topological polar surface area (TPSA) is 81.0 Å². The van der Waals surface area contributed by atoms with E-state index in [1.54, 1.807) is 0 Å². The standard InChI is InChI=1S/C10H17NO4/c12-5-7(13)4-11-6-1-2-9(11)8(3-6)10(14)15/h6-9,12-13H,1-5H2,(H,14,15). The summed E-state index contributed by atoms with van der Waals surface area (Å²) in [7, 11) is 0. The van der Waals surface area contributed by atoms with Crippen LogP contribution in [-0.4, -0.2) is 57.5 Å². The average Bonchev–Trinajstić information content (AvgIpc) is 2.75. The summed E-state index contributed by atoms with van der Waals surface area (Å²) in [5.74, 6) is -1.01. The minimum atomic E-state index is -0.749. The molecule has 0 aliphatic carbocycles. The molecule has 4 atom stereocenters. The number of carbonyl (C=O) groups is 1. The lowest BCUT2D eigenvalue weighted by Gasteiger charge is -2.24. The van der Waals surface area contributed by atoms with Crippen LogP contribution < -0.4 is 0 Å². The molecule has 0 amide bonds. The lowest BCUT2D eigenvalue weighted by atomic mass is 9.89. The first-order valence-corrected chi connectivity index (χ1v) is 5.41. The maximum atomic E-state index is 11.0. The number of rotatable bonds is 4. The summed E-state index contributed by atoms with van der Waals surface area (Å²) in [6, 6.07) is 0.353. The molecule has 15 heavy (non-hydrogen) atoms. The summed E-state index contributed by atoms with van der Waals surface area (Å²) in [6.07, 6.45) is 1.87. The molecule has 5 nitrogen and oxygen atoms in total. The molecule has 2 aliphatic heterocycles. The minimum Gasteiger partial charge on any atom is -0.481 e. The number of carboxylic acid groups (broad SMARTS) is 1. The number of carboxylic acids is 1. The first-order chi connectivity index (χ1) is 7.13. The normalized spacial score (nSPS) is 37.1. The smallest absolute Gasteiger partial charge is 0.308 e. The van der Waals surface area contributed by atoms with Gasteiger partial charge < -0.3 is 15.3 Å². The zero-order valence-corrected chi connectivity index (χ0v) is 8.54. The first kappa shape index (κ1) is 10.9. The van der Waals surface area contributed by atoms with Crippen molar-refractivity contribution >= 4 is 5.97 Å². The van der Waals surface area contributed by atoms with E-state index in [4.69, 9.17) is 10.2 Å². The van der Waals surface area contributed by atoms with Crippen LogP contribution in [0.1, 0.15) is 19.3 Å². The van der Waals surface area contributed by atoms with Gasteiger partial charge in [0.2, 0.25) is 0 Å². The molecule has 0 radical (unpaired) electrons. The molecule has 2 saturated heterocycles. The molecule has 0 aromatic heterocycles. The summed E-state index contributed by atoms with van der Waals surface area (Å²) in [5.41, 5.74) is 0. The minimum absolute atomic E-state index is 0.0636. The van der Waals surface area contributed by atoms with E-state index in [9.17, 15) is 9.90 Å². The molecule has 2 bridgehead atoms. The molecular weight excluding hydrogens is 198 g/mol. The zero-order chi connectivity index (χ0) is 11.0. The molecule has 4 unspecified atom stereocenters. The van der Waals surface area contributed by atoms with Gasteiger partial charge in [0.1, 0.15) is 0 Å². The van der Waals surface area contributed by atoms with Crippen molar-refractivity contribution in [2.24, 2.45) is 5.92 Å². The van der Waals surface area contributed by atoms with Gasteiger partial charge in [-0.05, 0) is 19.3 Å². The van der Waals surface area contributed by atoms with Crippen molar-refractivity contribution in [1.29, 1.82) is 0 Å². The Morgan fingerprint density at radius 2 is 2.20 bits per heavy atom. The van der Waals surface area contributed by atoms with Crippen molar-refractivity contribution in [2.45, 2.75) is 37.5 Å². The molecule has 3 N–H and O–H groups in total.